The molecule has 0 unspecified atom stereocenters. The van der Waals surface area contributed by atoms with Crippen molar-refractivity contribution in [1.82, 2.24) is 4.90 Å². The van der Waals surface area contributed by atoms with Crippen LogP contribution in [0.1, 0.15) is 41.7 Å². The van der Waals surface area contributed by atoms with Gasteiger partial charge in [-0.2, -0.15) is 0 Å². The van der Waals surface area contributed by atoms with Crippen LogP contribution >= 0.6 is 11.3 Å². The highest BCUT2D eigenvalue weighted by Crippen LogP contribution is 2.39. The van der Waals surface area contributed by atoms with E-state index in [0.29, 0.717) is 0 Å². The predicted octanol–water partition coefficient (Wildman–Crippen LogP) is 5.44. The quantitative estimate of drug-likeness (QED) is 0.669. The summed E-state index contributed by atoms with van der Waals surface area (Å²) in [6.07, 6.45) is 1.09. The van der Waals surface area contributed by atoms with Gasteiger partial charge in [-0.15, -0.1) is 11.3 Å². The second-order valence-electron chi connectivity index (χ2n) is 5.92. The summed E-state index contributed by atoms with van der Waals surface area (Å²) < 4.78 is 5.47. The molecule has 3 heteroatoms. The van der Waals surface area contributed by atoms with Crippen molar-refractivity contribution in [3.8, 4) is 16.9 Å². The van der Waals surface area contributed by atoms with Crippen molar-refractivity contribution in [2.24, 2.45) is 0 Å². The maximum atomic E-state index is 5.47. The first-order chi connectivity index (χ1) is 11.0. The standard InChI is InChI=1S/C20H29NOS/c1-7-19-20(14(4)15(5)23-19)18-11-10-17(22-6)12-16(18)13-21(8-2)9-3/h10-12H,7-9,13H2,1-6H3. The van der Waals surface area contributed by atoms with Crippen LogP contribution in [0, 0.1) is 13.8 Å². The molecule has 0 saturated heterocycles. The van der Waals surface area contributed by atoms with Gasteiger partial charge in [-0.25, -0.2) is 0 Å². The van der Waals surface area contributed by atoms with Gasteiger partial charge in [-0.05, 0) is 67.7 Å². The minimum absolute atomic E-state index is 0.943. The van der Waals surface area contributed by atoms with Gasteiger partial charge in [0, 0.05) is 16.3 Å². The lowest BCUT2D eigenvalue weighted by Crippen LogP contribution is -2.22. The first-order valence-corrected chi connectivity index (χ1v) is 9.35. The van der Waals surface area contributed by atoms with Gasteiger partial charge in [0.15, 0.2) is 0 Å². The van der Waals surface area contributed by atoms with Crippen LogP contribution in [0.25, 0.3) is 11.1 Å². The molecule has 2 aromatic rings. The average molecular weight is 332 g/mol. The van der Waals surface area contributed by atoms with E-state index in [1.807, 2.05) is 11.3 Å². The number of rotatable bonds is 7. The molecular formula is C20H29NOS. The smallest absolute Gasteiger partial charge is 0.119 e. The van der Waals surface area contributed by atoms with Crippen LogP contribution in [0.15, 0.2) is 18.2 Å². The van der Waals surface area contributed by atoms with Gasteiger partial charge in [0.05, 0.1) is 7.11 Å². The lowest BCUT2D eigenvalue weighted by atomic mass is 9.95. The summed E-state index contributed by atoms with van der Waals surface area (Å²) >= 11 is 1.94. The number of hydrogen-bond acceptors (Lipinski definition) is 3. The molecule has 0 aliphatic heterocycles. The zero-order valence-electron chi connectivity index (χ0n) is 15.3. The molecule has 0 aliphatic carbocycles. The Morgan fingerprint density at radius 1 is 1.09 bits per heavy atom. The summed E-state index contributed by atoms with van der Waals surface area (Å²) in [5.41, 5.74) is 5.61. The second kappa shape index (κ2) is 7.98. The molecule has 0 spiro atoms. The van der Waals surface area contributed by atoms with E-state index in [2.05, 4.69) is 57.7 Å². The molecule has 2 rings (SSSR count). The van der Waals surface area contributed by atoms with Crippen LogP contribution in [0.3, 0.4) is 0 Å². The number of methoxy groups -OCH3 is 1. The van der Waals surface area contributed by atoms with Crippen LogP contribution in [0.4, 0.5) is 0 Å². The normalized spacial score (nSPS) is 11.3. The van der Waals surface area contributed by atoms with Gasteiger partial charge >= 0.3 is 0 Å². The Kier molecular flexibility index (Phi) is 6.25. The van der Waals surface area contributed by atoms with Crippen molar-refractivity contribution in [2.45, 2.75) is 47.6 Å². The lowest BCUT2D eigenvalue weighted by molar-refractivity contribution is 0.295. The van der Waals surface area contributed by atoms with E-state index in [-0.39, 0.29) is 0 Å². The summed E-state index contributed by atoms with van der Waals surface area (Å²) in [5.74, 6) is 0.943. The molecule has 0 fully saturated rings. The molecular weight excluding hydrogens is 302 g/mol. The van der Waals surface area contributed by atoms with Gasteiger partial charge in [-0.3, -0.25) is 4.90 Å². The lowest BCUT2D eigenvalue weighted by Gasteiger charge is -2.21. The number of hydrogen-bond donors (Lipinski definition) is 0. The summed E-state index contributed by atoms with van der Waals surface area (Å²) in [5, 5.41) is 0. The largest absolute Gasteiger partial charge is 0.497 e. The molecule has 0 aliphatic rings. The highest BCUT2D eigenvalue weighted by atomic mass is 32.1. The molecule has 0 N–H and O–H groups in total. The van der Waals surface area contributed by atoms with E-state index in [4.69, 9.17) is 4.74 Å². The maximum Gasteiger partial charge on any atom is 0.119 e. The topological polar surface area (TPSA) is 12.5 Å². The molecule has 23 heavy (non-hydrogen) atoms. The van der Waals surface area contributed by atoms with Crippen LogP contribution in [0.5, 0.6) is 5.75 Å². The van der Waals surface area contributed by atoms with Crippen molar-refractivity contribution in [2.75, 3.05) is 20.2 Å². The number of nitrogens with zero attached hydrogens (tertiary/aromatic N) is 1. The number of aryl methyl sites for hydroxylation is 2. The van der Waals surface area contributed by atoms with E-state index in [0.717, 1.165) is 31.8 Å². The minimum Gasteiger partial charge on any atom is -0.497 e. The second-order valence-corrected chi connectivity index (χ2v) is 7.23. The molecule has 126 valence electrons. The Bertz CT molecular complexity index is 656. The third kappa shape index (κ3) is 3.78. The SMILES string of the molecule is CCc1sc(C)c(C)c1-c1ccc(OC)cc1CN(CC)CC. The van der Waals surface area contributed by atoms with Crippen LogP contribution < -0.4 is 4.74 Å². The Balaban J connectivity index is 2.57. The van der Waals surface area contributed by atoms with Crippen molar-refractivity contribution in [3.05, 3.63) is 39.1 Å². The molecule has 0 atom stereocenters. The molecule has 0 saturated carbocycles. The van der Waals surface area contributed by atoms with E-state index in [9.17, 15) is 0 Å². The van der Waals surface area contributed by atoms with Crippen molar-refractivity contribution < 1.29 is 4.74 Å². The predicted molar refractivity (Wildman–Crippen MR) is 102 cm³/mol. The fourth-order valence-corrected chi connectivity index (χ4v) is 4.19. The Morgan fingerprint density at radius 2 is 1.78 bits per heavy atom. The van der Waals surface area contributed by atoms with Gasteiger partial charge in [0.2, 0.25) is 0 Å². The highest BCUT2D eigenvalue weighted by Gasteiger charge is 2.17. The van der Waals surface area contributed by atoms with Crippen LogP contribution in [0.2, 0.25) is 0 Å². The molecule has 1 aromatic heterocycles. The molecule has 1 aromatic carbocycles. The highest BCUT2D eigenvalue weighted by molar-refractivity contribution is 7.12. The Hall–Kier alpha value is -1.32. The van der Waals surface area contributed by atoms with Gasteiger partial charge in [0.25, 0.3) is 0 Å². The average Bonchev–Trinajstić information content (AvgIpc) is 2.87. The van der Waals surface area contributed by atoms with Crippen molar-refractivity contribution >= 4 is 11.3 Å². The fraction of sp³-hybridized carbons (Fsp3) is 0.500. The fourth-order valence-electron chi connectivity index (χ4n) is 3.06. The molecule has 0 amide bonds. The minimum atomic E-state index is 0.943. The number of thiophene rings is 1. The van der Waals surface area contributed by atoms with Gasteiger partial charge < -0.3 is 4.74 Å². The maximum absolute atomic E-state index is 5.47. The molecule has 2 nitrogen and oxygen atoms in total. The van der Waals surface area contributed by atoms with Crippen LogP contribution in [-0.4, -0.2) is 25.1 Å². The first-order valence-electron chi connectivity index (χ1n) is 8.54. The molecule has 1 heterocycles. The van der Waals surface area contributed by atoms with E-state index in [1.165, 1.54) is 32.0 Å². The van der Waals surface area contributed by atoms with Crippen molar-refractivity contribution in [1.29, 1.82) is 0 Å². The number of benzene rings is 1. The van der Waals surface area contributed by atoms with Gasteiger partial charge in [0.1, 0.15) is 5.75 Å². The summed E-state index contributed by atoms with van der Waals surface area (Å²) in [7, 11) is 1.74. The molecule has 0 bridgehead atoms. The first kappa shape index (κ1) is 18.0. The van der Waals surface area contributed by atoms with E-state index >= 15 is 0 Å². The third-order valence-corrected chi connectivity index (χ3v) is 6.00. The van der Waals surface area contributed by atoms with Crippen LogP contribution in [-0.2, 0) is 13.0 Å². The summed E-state index contributed by atoms with van der Waals surface area (Å²) in [4.78, 5) is 5.38. The zero-order valence-corrected chi connectivity index (χ0v) is 16.1. The zero-order chi connectivity index (χ0) is 17.0. The van der Waals surface area contributed by atoms with Gasteiger partial charge in [-0.1, -0.05) is 26.8 Å². The summed E-state index contributed by atoms with van der Waals surface area (Å²) in [6.45, 7) is 14.3. The monoisotopic (exact) mass is 331 g/mol. The van der Waals surface area contributed by atoms with E-state index < -0.39 is 0 Å². The molecule has 0 radical (unpaired) electrons. The summed E-state index contributed by atoms with van der Waals surface area (Å²) in [6, 6.07) is 6.54. The Labute approximate surface area is 145 Å². The van der Waals surface area contributed by atoms with Crippen molar-refractivity contribution in [3.63, 3.8) is 0 Å². The van der Waals surface area contributed by atoms with E-state index in [1.54, 1.807) is 7.11 Å². The number of ether oxygens (including phenoxy) is 1. The Morgan fingerprint density at radius 3 is 2.35 bits per heavy atom. The third-order valence-electron chi connectivity index (χ3n) is 4.65.